The Hall–Kier alpha value is -1.95. The lowest BCUT2D eigenvalue weighted by molar-refractivity contribution is 0.0938. The van der Waals surface area contributed by atoms with Crippen molar-refractivity contribution in [1.29, 1.82) is 0 Å². The lowest BCUT2D eigenvalue weighted by Gasteiger charge is -2.24. The molecule has 6 nitrogen and oxygen atoms in total. The van der Waals surface area contributed by atoms with Crippen molar-refractivity contribution < 1.29 is 9.32 Å². The van der Waals surface area contributed by atoms with E-state index in [4.69, 9.17) is 4.52 Å². The van der Waals surface area contributed by atoms with Gasteiger partial charge in [-0.15, -0.1) is 0 Å². The van der Waals surface area contributed by atoms with Crippen LogP contribution >= 0.6 is 0 Å². The van der Waals surface area contributed by atoms with Crippen LogP contribution < -0.4 is 5.32 Å². The van der Waals surface area contributed by atoms with Gasteiger partial charge in [0.2, 0.25) is 0 Å². The van der Waals surface area contributed by atoms with Gasteiger partial charge in [0.15, 0.2) is 0 Å². The van der Waals surface area contributed by atoms with E-state index < -0.39 is 0 Å². The fourth-order valence-corrected chi connectivity index (χ4v) is 2.62. The molecule has 112 valence electrons. The second kappa shape index (κ2) is 5.44. The van der Waals surface area contributed by atoms with Gasteiger partial charge in [-0.1, -0.05) is 5.16 Å². The number of fused-ring (bicyclic) bond motifs is 1. The van der Waals surface area contributed by atoms with Crippen molar-refractivity contribution in [2.45, 2.75) is 25.8 Å². The van der Waals surface area contributed by atoms with E-state index in [-0.39, 0.29) is 5.91 Å². The maximum Gasteiger partial charge on any atom is 0.257 e. The molecule has 1 aliphatic carbocycles. The number of nitrogens with zero attached hydrogens (tertiary/aromatic N) is 3. The number of amides is 1. The van der Waals surface area contributed by atoms with Crippen LogP contribution in [-0.2, 0) is 0 Å². The van der Waals surface area contributed by atoms with Crippen LogP contribution in [0.4, 0.5) is 0 Å². The number of hydrogen-bond donors (Lipinski definition) is 1. The molecular weight excluding hydrogens is 268 g/mol. The van der Waals surface area contributed by atoms with E-state index in [2.05, 4.69) is 34.5 Å². The molecule has 21 heavy (non-hydrogen) atoms. The van der Waals surface area contributed by atoms with E-state index in [1.807, 2.05) is 6.92 Å². The quantitative estimate of drug-likeness (QED) is 0.905. The summed E-state index contributed by atoms with van der Waals surface area (Å²) in [4.78, 5) is 18.6. The Balaban J connectivity index is 1.69. The molecule has 1 aliphatic rings. The Morgan fingerprint density at radius 3 is 2.95 bits per heavy atom. The zero-order chi connectivity index (χ0) is 15.0. The summed E-state index contributed by atoms with van der Waals surface area (Å²) in [6, 6.07) is 2.19. The molecule has 0 aliphatic heterocycles. The van der Waals surface area contributed by atoms with Gasteiger partial charge in [0, 0.05) is 18.8 Å². The molecule has 1 N–H and O–H groups in total. The van der Waals surface area contributed by atoms with Gasteiger partial charge in [-0.05, 0) is 45.8 Å². The Morgan fingerprint density at radius 1 is 1.52 bits per heavy atom. The van der Waals surface area contributed by atoms with E-state index in [1.54, 1.807) is 6.07 Å². The van der Waals surface area contributed by atoms with Crippen LogP contribution in [0.15, 0.2) is 16.8 Å². The van der Waals surface area contributed by atoms with Crippen molar-refractivity contribution in [3.8, 4) is 0 Å². The lowest BCUT2D eigenvalue weighted by Crippen LogP contribution is -2.41. The average molecular weight is 288 g/mol. The summed E-state index contributed by atoms with van der Waals surface area (Å²) < 4.78 is 5.05. The summed E-state index contributed by atoms with van der Waals surface area (Å²) in [6.45, 7) is 2.50. The largest absolute Gasteiger partial charge is 0.350 e. The summed E-state index contributed by atoms with van der Waals surface area (Å²) in [7, 11) is 4.12. The molecular formula is C15H20N4O2. The summed E-state index contributed by atoms with van der Waals surface area (Å²) in [5, 5.41) is 7.64. The van der Waals surface area contributed by atoms with Gasteiger partial charge in [-0.3, -0.25) is 4.79 Å². The van der Waals surface area contributed by atoms with Gasteiger partial charge in [0.25, 0.3) is 11.6 Å². The highest BCUT2D eigenvalue weighted by Gasteiger charge is 2.32. The van der Waals surface area contributed by atoms with Crippen LogP contribution in [0.2, 0.25) is 0 Å². The summed E-state index contributed by atoms with van der Waals surface area (Å²) in [5.41, 5.74) is 1.76. The normalized spacial score (nSPS) is 16.4. The van der Waals surface area contributed by atoms with Gasteiger partial charge in [-0.25, -0.2) is 4.98 Å². The highest BCUT2D eigenvalue weighted by atomic mass is 16.5. The smallest absolute Gasteiger partial charge is 0.257 e. The Morgan fingerprint density at radius 2 is 2.29 bits per heavy atom. The molecule has 2 aromatic heterocycles. The molecule has 1 amide bonds. The molecule has 1 atom stereocenters. The first-order chi connectivity index (χ1) is 10.1. The van der Waals surface area contributed by atoms with Crippen LogP contribution in [0.25, 0.3) is 11.1 Å². The van der Waals surface area contributed by atoms with Crippen LogP contribution in [0.5, 0.6) is 0 Å². The second-order valence-corrected chi connectivity index (χ2v) is 5.92. The zero-order valence-corrected chi connectivity index (χ0v) is 12.6. The third kappa shape index (κ3) is 2.90. The van der Waals surface area contributed by atoms with E-state index in [0.717, 1.165) is 11.1 Å². The number of carbonyl (C=O) groups excluding carboxylic acids is 1. The van der Waals surface area contributed by atoms with Crippen molar-refractivity contribution in [2.75, 3.05) is 20.6 Å². The third-order valence-corrected chi connectivity index (χ3v) is 4.07. The molecule has 3 rings (SSSR count). The first-order valence-corrected chi connectivity index (χ1v) is 7.23. The average Bonchev–Trinajstić information content (AvgIpc) is 3.23. The molecule has 1 saturated carbocycles. The lowest BCUT2D eigenvalue weighted by atomic mass is 10.1. The van der Waals surface area contributed by atoms with Crippen LogP contribution in [0, 0.1) is 12.8 Å². The van der Waals surface area contributed by atoms with E-state index in [1.165, 1.54) is 19.0 Å². The highest BCUT2D eigenvalue weighted by Crippen LogP contribution is 2.34. The third-order valence-electron chi connectivity index (χ3n) is 4.07. The van der Waals surface area contributed by atoms with Crippen molar-refractivity contribution in [2.24, 2.45) is 5.92 Å². The standard InChI is InChI=1S/C15H20N4O2/c1-9-12-6-11(7-17-15(12)21-18-9)14(20)16-8-13(19(2)3)10-4-5-10/h6-7,10,13H,4-5,8H2,1-3H3,(H,16,20). The van der Waals surface area contributed by atoms with Crippen molar-refractivity contribution in [1.82, 2.24) is 20.4 Å². The molecule has 2 aromatic rings. The number of nitrogens with one attached hydrogen (secondary N) is 1. The predicted octanol–water partition coefficient (Wildman–Crippen LogP) is 1.60. The summed E-state index contributed by atoms with van der Waals surface area (Å²) >= 11 is 0. The van der Waals surface area contributed by atoms with Crippen LogP contribution in [0.1, 0.15) is 28.9 Å². The Kier molecular flexibility index (Phi) is 3.63. The highest BCUT2D eigenvalue weighted by molar-refractivity contribution is 5.96. The fourth-order valence-electron chi connectivity index (χ4n) is 2.62. The molecule has 0 aromatic carbocycles. The van der Waals surface area contributed by atoms with Crippen LogP contribution in [0.3, 0.4) is 0 Å². The van der Waals surface area contributed by atoms with Crippen molar-refractivity contribution >= 4 is 17.0 Å². The van der Waals surface area contributed by atoms with Crippen molar-refractivity contribution in [3.05, 3.63) is 23.5 Å². The summed E-state index contributed by atoms with van der Waals surface area (Å²) in [6.07, 6.45) is 4.04. The molecule has 2 heterocycles. The molecule has 1 unspecified atom stereocenters. The maximum absolute atomic E-state index is 12.3. The molecule has 0 radical (unpaired) electrons. The first-order valence-electron chi connectivity index (χ1n) is 7.23. The maximum atomic E-state index is 12.3. The first kappa shape index (κ1) is 14.0. The number of hydrogen-bond acceptors (Lipinski definition) is 5. The monoisotopic (exact) mass is 288 g/mol. The SMILES string of the molecule is Cc1noc2ncc(C(=O)NCC(C3CC3)N(C)C)cc12. The topological polar surface area (TPSA) is 71.3 Å². The minimum atomic E-state index is -0.0995. The predicted molar refractivity (Wildman–Crippen MR) is 79.1 cm³/mol. The van der Waals surface area contributed by atoms with Crippen molar-refractivity contribution in [3.63, 3.8) is 0 Å². The number of aryl methyl sites for hydroxylation is 1. The number of likely N-dealkylation sites (N-methyl/N-ethyl adjacent to an activating group) is 1. The van der Waals surface area contributed by atoms with Gasteiger partial charge in [0.05, 0.1) is 16.6 Å². The van der Waals surface area contributed by atoms with Gasteiger partial charge in [-0.2, -0.15) is 0 Å². The summed E-state index contributed by atoms with van der Waals surface area (Å²) in [5.74, 6) is 0.610. The Bertz CT molecular complexity index is 659. The fraction of sp³-hybridized carbons (Fsp3) is 0.533. The van der Waals surface area contributed by atoms with Gasteiger partial charge >= 0.3 is 0 Å². The van der Waals surface area contributed by atoms with Crippen LogP contribution in [-0.4, -0.2) is 47.6 Å². The second-order valence-electron chi connectivity index (χ2n) is 5.92. The van der Waals surface area contributed by atoms with Gasteiger partial charge in [0.1, 0.15) is 0 Å². The minimum absolute atomic E-state index is 0.0995. The minimum Gasteiger partial charge on any atom is -0.350 e. The number of carbonyl (C=O) groups is 1. The molecule has 1 fully saturated rings. The Labute approximate surface area is 123 Å². The molecule has 0 spiro atoms. The van der Waals surface area contributed by atoms with E-state index in [9.17, 15) is 4.79 Å². The number of rotatable bonds is 5. The number of aromatic nitrogens is 2. The zero-order valence-electron chi connectivity index (χ0n) is 12.6. The van der Waals surface area contributed by atoms with Gasteiger partial charge < -0.3 is 14.7 Å². The van der Waals surface area contributed by atoms with E-state index in [0.29, 0.717) is 29.8 Å². The molecule has 0 bridgehead atoms. The van der Waals surface area contributed by atoms with E-state index >= 15 is 0 Å². The molecule has 6 heteroatoms. The number of pyridine rings is 1. The molecule has 0 saturated heterocycles.